The van der Waals surface area contributed by atoms with Crippen LogP contribution in [0.3, 0.4) is 0 Å². The lowest BCUT2D eigenvalue weighted by Crippen LogP contribution is -2.28. The van der Waals surface area contributed by atoms with Gasteiger partial charge in [0, 0.05) is 23.9 Å². The Morgan fingerprint density at radius 3 is 2.44 bits per heavy atom. The van der Waals surface area contributed by atoms with E-state index in [1.165, 1.54) is 4.68 Å². The van der Waals surface area contributed by atoms with Crippen LogP contribution in [0.2, 0.25) is 0 Å². The Balaban J connectivity index is 1.75. The number of benzene rings is 2. The molecule has 27 heavy (non-hydrogen) atoms. The monoisotopic (exact) mass is 364 g/mol. The van der Waals surface area contributed by atoms with Crippen LogP contribution in [0, 0.1) is 6.92 Å². The summed E-state index contributed by atoms with van der Waals surface area (Å²) in [7, 11) is 1.71. The summed E-state index contributed by atoms with van der Waals surface area (Å²) in [5.74, 6) is 0.0450. The van der Waals surface area contributed by atoms with Gasteiger partial charge >= 0.3 is 0 Å². The van der Waals surface area contributed by atoms with Crippen molar-refractivity contribution >= 4 is 17.5 Å². The van der Waals surface area contributed by atoms with Crippen molar-refractivity contribution in [2.24, 2.45) is 7.05 Å². The molecule has 3 rings (SSSR count). The van der Waals surface area contributed by atoms with Crippen LogP contribution in [0.5, 0.6) is 0 Å². The highest BCUT2D eigenvalue weighted by molar-refractivity contribution is 6.05. The predicted molar refractivity (Wildman–Crippen MR) is 100 cm³/mol. The van der Waals surface area contributed by atoms with Crippen LogP contribution in [0.4, 0.5) is 5.69 Å². The number of hydrogen-bond donors (Lipinski definition) is 2. The molecule has 0 fully saturated rings. The molecule has 0 unspecified atom stereocenters. The quantitative estimate of drug-likeness (QED) is 0.723. The van der Waals surface area contributed by atoms with E-state index in [9.17, 15) is 9.59 Å². The minimum atomic E-state index is -0.360. The van der Waals surface area contributed by atoms with E-state index in [1.807, 2.05) is 13.0 Å². The number of aryl methyl sites for hydroxylation is 2. The fraction of sp³-hybridized carbons (Fsp3) is 0.211. The van der Waals surface area contributed by atoms with Crippen molar-refractivity contribution in [3.63, 3.8) is 0 Å². The van der Waals surface area contributed by atoms with Gasteiger partial charge in [-0.05, 0) is 54.1 Å². The number of carbonyl (C=O) groups is 2. The highest BCUT2D eigenvalue weighted by atomic mass is 16.2. The molecule has 2 aromatic carbocycles. The Morgan fingerprint density at radius 2 is 1.78 bits per heavy atom. The number of carbonyl (C=O) groups excluding carboxylic acids is 2. The fourth-order valence-electron chi connectivity index (χ4n) is 2.63. The van der Waals surface area contributed by atoms with Gasteiger partial charge in [0.25, 0.3) is 11.8 Å². The minimum absolute atomic E-state index is 0.227. The SMILES string of the molecule is Cc1ccc(C(=O)N[C@H](C)c2nnnn2C)cc1NC(=O)c1ccccc1. The van der Waals surface area contributed by atoms with Crippen molar-refractivity contribution in [1.82, 2.24) is 25.5 Å². The summed E-state index contributed by atoms with van der Waals surface area (Å²) in [5, 5.41) is 16.9. The molecule has 0 aliphatic carbocycles. The zero-order valence-electron chi connectivity index (χ0n) is 15.3. The van der Waals surface area contributed by atoms with E-state index < -0.39 is 0 Å². The summed E-state index contributed by atoms with van der Waals surface area (Å²) in [5.41, 5.74) is 2.44. The molecule has 2 N–H and O–H groups in total. The third-order valence-corrected chi connectivity index (χ3v) is 4.17. The Kier molecular flexibility index (Phi) is 5.25. The van der Waals surface area contributed by atoms with Gasteiger partial charge in [0.05, 0.1) is 6.04 Å². The van der Waals surface area contributed by atoms with Gasteiger partial charge in [0.15, 0.2) is 5.82 Å². The molecule has 0 aliphatic heterocycles. The second-order valence-corrected chi connectivity index (χ2v) is 6.21. The average molecular weight is 364 g/mol. The zero-order valence-corrected chi connectivity index (χ0v) is 15.3. The lowest BCUT2D eigenvalue weighted by atomic mass is 10.1. The number of amides is 2. The highest BCUT2D eigenvalue weighted by Gasteiger charge is 2.17. The first-order chi connectivity index (χ1) is 13.0. The van der Waals surface area contributed by atoms with Crippen molar-refractivity contribution in [3.8, 4) is 0 Å². The Morgan fingerprint density at radius 1 is 1.04 bits per heavy atom. The van der Waals surface area contributed by atoms with Gasteiger partial charge in [0.1, 0.15) is 0 Å². The summed E-state index contributed by atoms with van der Waals surface area (Å²) in [6, 6.07) is 13.7. The number of hydrogen-bond acceptors (Lipinski definition) is 5. The van der Waals surface area contributed by atoms with E-state index in [0.29, 0.717) is 22.6 Å². The summed E-state index contributed by atoms with van der Waals surface area (Å²) >= 11 is 0. The number of rotatable bonds is 5. The number of nitrogens with one attached hydrogen (secondary N) is 2. The van der Waals surface area contributed by atoms with Crippen LogP contribution in [0.15, 0.2) is 48.5 Å². The topological polar surface area (TPSA) is 102 Å². The normalized spacial score (nSPS) is 11.7. The first kappa shape index (κ1) is 18.2. The van der Waals surface area contributed by atoms with Crippen molar-refractivity contribution < 1.29 is 9.59 Å². The molecule has 8 nitrogen and oxygen atoms in total. The maximum absolute atomic E-state index is 12.6. The van der Waals surface area contributed by atoms with Crippen LogP contribution in [-0.2, 0) is 7.05 Å². The van der Waals surface area contributed by atoms with Crippen molar-refractivity contribution in [1.29, 1.82) is 0 Å². The number of tetrazole rings is 1. The van der Waals surface area contributed by atoms with Crippen LogP contribution in [-0.4, -0.2) is 32.0 Å². The van der Waals surface area contributed by atoms with Gasteiger partial charge in [0.2, 0.25) is 0 Å². The first-order valence-corrected chi connectivity index (χ1v) is 8.46. The molecule has 8 heteroatoms. The van der Waals surface area contributed by atoms with E-state index >= 15 is 0 Å². The van der Waals surface area contributed by atoms with Gasteiger partial charge in [-0.3, -0.25) is 9.59 Å². The predicted octanol–water partition coefficient (Wildman–Crippen LogP) is 2.26. The molecule has 3 aromatic rings. The standard InChI is InChI=1S/C19H20N6O2/c1-12-9-10-15(19(27)20-13(2)17-22-23-24-25(17)3)11-16(12)21-18(26)14-7-5-4-6-8-14/h4-11,13H,1-3H3,(H,20,27)(H,21,26)/t13-/m1/s1. The second-order valence-electron chi connectivity index (χ2n) is 6.21. The van der Waals surface area contributed by atoms with Gasteiger partial charge in [-0.25, -0.2) is 4.68 Å². The van der Waals surface area contributed by atoms with E-state index in [-0.39, 0.29) is 17.9 Å². The number of aromatic nitrogens is 4. The van der Waals surface area contributed by atoms with Gasteiger partial charge in [-0.1, -0.05) is 24.3 Å². The Bertz CT molecular complexity index is 967. The molecule has 1 heterocycles. The van der Waals surface area contributed by atoms with Crippen LogP contribution >= 0.6 is 0 Å². The van der Waals surface area contributed by atoms with E-state index in [0.717, 1.165) is 5.56 Å². The molecule has 0 saturated carbocycles. The minimum Gasteiger partial charge on any atom is -0.342 e. The molecule has 1 aromatic heterocycles. The zero-order chi connectivity index (χ0) is 19.4. The summed E-state index contributed by atoms with van der Waals surface area (Å²) in [6.07, 6.45) is 0. The first-order valence-electron chi connectivity index (χ1n) is 8.46. The van der Waals surface area contributed by atoms with Crippen molar-refractivity contribution in [2.75, 3.05) is 5.32 Å². The van der Waals surface area contributed by atoms with E-state index in [1.54, 1.807) is 56.4 Å². The van der Waals surface area contributed by atoms with Crippen molar-refractivity contribution in [2.45, 2.75) is 19.9 Å². The van der Waals surface area contributed by atoms with Crippen LogP contribution in [0.1, 0.15) is 45.1 Å². The third-order valence-electron chi connectivity index (χ3n) is 4.17. The molecule has 0 saturated heterocycles. The average Bonchev–Trinajstić information content (AvgIpc) is 3.10. The molecular weight excluding hydrogens is 344 g/mol. The lowest BCUT2D eigenvalue weighted by Gasteiger charge is -2.14. The smallest absolute Gasteiger partial charge is 0.255 e. The summed E-state index contributed by atoms with van der Waals surface area (Å²) in [4.78, 5) is 25.0. The molecule has 0 aliphatic rings. The maximum atomic E-state index is 12.6. The van der Waals surface area contributed by atoms with Gasteiger partial charge in [-0.15, -0.1) is 5.10 Å². The van der Waals surface area contributed by atoms with E-state index in [2.05, 4.69) is 26.2 Å². The molecule has 0 radical (unpaired) electrons. The summed E-state index contributed by atoms with van der Waals surface area (Å²) in [6.45, 7) is 3.67. The molecular formula is C19H20N6O2. The number of anilines is 1. The molecule has 138 valence electrons. The van der Waals surface area contributed by atoms with Crippen molar-refractivity contribution in [3.05, 3.63) is 71.0 Å². The Hall–Kier alpha value is -3.55. The number of nitrogens with zero attached hydrogens (tertiary/aromatic N) is 4. The highest BCUT2D eigenvalue weighted by Crippen LogP contribution is 2.19. The fourth-order valence-corrected chi connectivity index (χ4v) is 2.63. The molecule has 0 bridgehead atoms. The van der Waals surface area contributed by atoms with Gasteiger partial charge in [-0.2, -0.15) is 0 Å². The second kappa shape index (κ2) is 7.77. The van der Waals surface area contributed by atoms with Gasteiger partial charge < -0.3 is 10.6 Å². The Labute approximate surface area is 156 Å². The van der Waals surface area contributed by atoms with Crippen LogP contribution < -0.4 is 10.6 Å². The molecule has 1 atom stereocenters. The third kappa shape index (κ3) is 4.17. The maximum Gasteiger partial charge on any atom is 0.255 e. The summed E-state index contributed by atoms with van der Waals surface area (Å²) < 4.78 is 1.51. The molecule has 2 amide bonds. The largest absolute Gasteiger partial charge is 0.342 e. The van der Waals surface area contributed by atoms with Crippen LogP contribution in [0.25, 0.3) is 0 Å². The van der Waals surface area contributed by atoms with E-state index in [4.69, 9.17) is 0 Å². The lowest BCUT2D eigenvalue weighted by molar-refractivity contribution is 0.0936. The molecule has 0 spiro atoms.